The van der Waals surface area contributed by atoms with E-state index in [2.05, 4.69) is 5.32 Å². The molecule has 0 aromatic heterocycles. The molecular weight excluding hydrogens is 128 g/mol. The van der Waals surface area contributed by atoms with Crippen molar-refractivity contribution < 1.29 is 9.90 Å². The first-order chi connectivity index (χ1) is 2.77. The van der Waals surface area contributed by atoms with Gasteiger partial charge < -0.3 is 10.4 Å². The van der Waals surface area contributed by atoms with E-state index in [9.17, 15) is 4.79 Å². The standard InChI is InChI=1S/C3H7NO2.2Na.2H/c1-4-2-3(5)6;;;;/h4H,2H2,1H3,(H,5,6);;;;. The molecule has 0 bridgehead atoms. The van der Waals surface area contributed by atoms with Crippen molar-refractivity contribution in [1.82, 2.24) is 5.32 Å². The molecular formula is C3H9NNa2O2. The minimum absolute atomic E-state index is 0. The third-order valence-corrected chi connectivity index (χ3v) is 0.328. The normalized spacial score (nSPS) is 6.12. The van der Waals surface area contributed by atoms with Crippen molar-refractivity contribution in [2.75, 3.05) is 13.6 Å². The first-order valence-corrected chi connectivity index (χ1v) is 1.63. The van der Waals surface area contributed by atoms with Crippen LogP contribution in [-0.4, -0.2) is 83.8 Å². The summed E-state index contributed by atoms with van der Waals surface area (Å²) in [7, 11) is 1.59. The van der Waals surface area contributed by atoms with E-state index in [1.807, 2.05) is 0 Å². The van der Waals surface area contributed by atoms with Gasteiger partial charge in [0.15, 0.2) is 0 Å². The Labute approximate surface area is 92.8 Å². The Hall–Kier alpha value is 1.43. The molecule has 40 valence electrons. The van der Waals surface area contributed by atoms with E-state index in [0.717, 1.165) is 0 Å². The topological polar surface area (TPSA) is 49.3 Å². The Kier molecular flexibility index (Phi) is 22.8. The molecule has 0 aliphatic carbocycles. The Morgan fingerprint density at radius 3 is 2.00 bits per heavy atom. The van der Waals surface area contributed by atoms with Gasteiger partial charge in [0.25, 0.3) is 0 Å². The molecule has 0 heterocycles. The molecule has 2 N–H and O–H groups in total. The molecule has 0 saturated carbocycles. The molecule has 0 atom stereocenters. The minimum atomic E-state index is -0.822. The van der Waals surface area contributed by atoms with Crippen molar-refractivity contribution >= 4 is 65.1 Å². The molecule has 8 heavy (non-hydrogen) atoms. The van der Waals surface area contributed by atoms with Gasteiger partial charge in [-0.05, 0) is 7.05 Å². The molecule has 0 fully saturated rings. The third kappa shape index (κ3) is 15.7. The van der Waals surface area contributed by atoms with Gasteiger partial charge in [0, 0.05) is 0 Å². The molecule has 0 aliphatic heterocycles. The number of hydrogen-bond acceptors (Lipinski definition) is 2. The number of aliphatic carboxylic acids is 1. The van der Waals surface area contributed by atoms with Gasteiger partial charge in [-0.1, -0.05) is 0 Å². The second-order valence-corrected chi connectivity index (χ2v) is 0.924. The number of carboxylic acids is 1. The van der Waals surface area contributed by atoms with E-state index < -0.39 is 5.97 Å². The van der Waals surface area contributed by atoms with Gasteiger partial charge in [-0.15, -0.1) is 0 Å². The summed E-state index contributed by atoms with van der Waals surface area (Å²) < 4.78 is 0. The summed E-state index contributed by atoms with van der Waals surface area (Å²) in [6.07, 6.45) is 0. The van der Waals surface area contributed by atoms with Crippen LogP contribution in [0.3, 0.4) is 0 Å². The number of nitrogens with one attached hydrogen (secondary N) is 1. The van der Waals surface area contributed by atoms with Crippen LogP contribution in [0.5, 0.6) is 0 Å². The first kappa shape index (κ1) is 16.2. The zero-order valence-corrected chi connectivity index (χ0v) is 3.56. The summed E-state index contributed by atoms with van der Waals surface area (Å²) in [5, 5.41) is 10.3. The molecule has 0 rings (SSSR count). The summed E-state index contributed by atoms with van der Waals surface area (Å²) >= 11 is 0. The molecule has 5 heteroatoms. The van der Waals surface area contributed by atoms with Crippen LogP contribution < -0.4 is 5.32 Å². The van der Waals surface area contributed by atoms with Crippen molar-refractivity contribution in [3.63, 3.8) is 0 Å². The number of carbonyl (C=O) groups is 1. The Morgan fingerprint density at radius 1 is 1.62 bits per heavy atom. The molecule has 3 nitrogen and oxygen atoms in total. The van der Waals surface area contributed by atoms with Gasteiger partial charge >= 0.3 is 65.1 Å². The average molecular weight is 137 g/mol. The zero-order chi connectivity index (χ0) is 4.99. The molecule has 0 aliphatic rings. The Morgan fingerprint density at radius 2 is 2.00 bits per heavy atom. The van der Waals surface area contributed by atoms with Crippen molar-refractivity contribution in [2.45, 2.75) is 0 Å². The van der Waals surface area contributed by atoms with E-state index in [1.165, 1.54) is 0 Å². The van der Waals surface area contributed by atoms with E-state index in [0.29, 0.717) is 0 Å². The van der Waals surface area contributed by atoms with Gasteiger partial charge in [-0.2, -0.15) is 0 Å². The van der Waals surface area contributed by atoms with Crippen LogP contribution in [0, 0.1) is 0 Å². The fourth-order valence-corrected chi connectivity index (χ4v) is 0.151. The van der Waals surface area contributed by atoms with Crippen LogP contribution in [-0.2, 0) is 4.79 Å². The second-order valence-electron chi connectivity index (χ2n) is 0.924. The van der Waals surface area contributed by atoms with Crippen LogP contribution in [0.2, 0.25) is 0 Å². The molecule has 0 aromatic carbocycles. The predicted molar refractivity (Wildman–Crippen MR) is 35.9 cm³/mol. The van der Waals surface area contributed by atoms with Gasteiger partial charge in [-0.3, -0.25) is 4.79 Å². The van der Waals surface area contributed by atoms with Gasteiger partial charge in [0.05, 0.1) is 6.54 Å². The number of hydrogen-bond donors (Lipinski definition) is 2. The summed E-state index contributed by atoms with van der Waals surface area (Å²) in [5.41, 5.74) is 0. The van der Waals surface area contributed by atoms with Gasteiger partial charge in [0.1, 0.15) is 0 Å². The van der Waals surface area contributed by atoms with E-state index in [-0.39, 0.29) is 65.7 Å². The summed E-state index contributed by atoms with van der Waals surface area (Å²) in [4.78, 5) is 9.54. The van der Waals surface area contributed by atoms with Crippen LogP contribution in [0.15, 0.2) is 0 Å². The molecule has 0 saturated heterocycles. The molecule has 0 spiro atoms. The summed E-state index contributed by atoms with van der Waals surface area (Å²) in [6.45, 7) is 0.0417. The predicted octanol–water partition coefficient (Wildman–Crippen LogP) is -2.01. The molecule has 0 radical (unpaired) electrons. The van der Waals surface area contributed by atoms with Gasteiger partial charge in [0.2, 0.25) is 0 Å². The number of rotatable bonds is 2. The van der Waals surface area contributed by atoms with E-state index >= 15 is 0 Å². The SMILES string of the molecule is CNCC(=O)O.[NaH].[NaH]. The third-order valence-electron chi connectivity index (χ3n) is 0.328. The Bertz CT molecular complexity index is 59.2. The second kappa shape index (κ2) is 11.3. The molecule has 0 amide bonds. The number of carboxylic acid groups (broad SMARTS) is 1. The first-order valence-electron chi connectivity index (χ1n) is 1.63. The van der Waals surface area contributed by atoms with E-state index in [4.69, 9.17) is 5.11 Å². The van der Waals surface area contributed by atoms with Crippen LogP contribution in [0.4, 0.5) is 0 Å². The van der Waals surface area contributed by atoms with Gasteiger partial charge in [-0.25, -0.2) is 0 Å². The zero-order valence-electron chi connectivity index (χ0n) is 3.56. The Balaban J connectivity index is -0.000000125. The van der Waals surface area contributed by atoms with Crippen LogP contribution in [0.1, 0.15) is 0 Å². The maximum absolute atomic E-state index is 9.54. The monoisotopic (exact) mass is 137 g/mol. The van der Waals surface area contributed by atoms with Crippen molar-refractivity contribution in [1.29, 1.82) is 0 Å². The van der Waals surface area contributed by atoms with Crippen molar-refractivity contribution in [3.05, 3.63) is 0 Å². The molecule has 0 unspecified atom stereocenters. The van der Waals surface area contributed by atoms with Crippen molar-refractivity contribution in [2.24, 2.45) is 0 Å². The van der Waals surface area contributed by atoms with Crippen LogP contribution >= 0.6 is 0 Å². The van der Waals surface area contributed by atoms with E-state index in [1.54, 1.807) is 7.05 Å². The number of likely N-dealkylation sites (N-methyl/N-ethyl adjacent to an activating group) is 1. The van der Waals surface area contributed by atoms with Crippen molar-refractivity contribution in [3.8, 4) is 0 Å². The summed E-state index contributed by atoms with van der Waals surface area (Å²) in [5.74, 6) is -0.822. The van der Waals surface area contributed by atoms with Crippen LogP contribution in [0.25, 0.3) is 0 Å². The average Bonchev–Trinajstić information content (AvgIpc) is 1.35. The molecule has 0 aromatic rings. The maximum atomic E-state index is 9.54. The summed E-state index contributed by atoms with van der Waals surface area (Å²) in [6, 6.07) is 0. The fraction of sp³-hybridized carbons (Fsp3) is 0.667. The quantitative estimate of drug-likeness (QED) is 0.432. The fourth-order valence-electron chi connectivity index (χ4n) is 0.151.